The summed E-state index contributed by atoms with van der Waals surface area (Å²) in [6, 6.07) is 7.80. The molecule has 0 aliphatic heterocycles. The van der Waals surface area contributed by atoms with Gasteiger partial charge in [-0.3, -0.25) is 4.79 Å². The molecular weight excluding hydrogens is 298 g/mol. The number of thiazole rings is 1. The van der Waals surface area contributed by atoms with Crippen LogP contribution in [0.5, 0.6) is 5.75 Å². The highest BCUT2D eigenvalue weighted by molar-refractivity contribution is 7.14. The monoisotopic (exact) mass is 319 g/mol. The number of nitrogens with one attached hydrogen (secondary N) is 1. The minimum absolute atomic E-state index is 0.0538. The highest BCUT2D eigenvalue weighted by Gasteiger charge is 2.11. The van der Waals surface area contributed by atoms with Gasteiger partial charge in [0.15, 0.2) is 5.13 Å². The number of ether oxygens (including phenoxy) is 1. The molecule has 0 atom stereocenters. The van der Waals surface area contributed by atoms with E-state index in [1.165, 1.54) is 11.3 Å². The molecule has 22 heavy (non-hydrogen) atoms. The van der Waals surface area contributed by atoms with Crippen molar-refractivity contribution in [2.45, 2.75) is 26.2 Å². The van der Waals surface area contributed by atoms with Crippen molar-refractivity contribution in [1.29, 1.82) is 0 Å². The summed E-state index contributed by atoms with van der Waals surface area (Å²) in [6.45, 7) is 3.25. The summed E-state index contributed by atoms with van der Waals surface area (Å²) >= 11 is 1.41. The minimum Gasteiger partial charge on any atom is -0.493 e. The summed E-state index contributed by atoms with van der Waals surface area (Å²) in [5, 5.41) is 5.32. The molecule has 0 radical (unpaired) electrons. The van der Waals surface area contributed by atoms with Gasteiger partial charge in [0.2, 0.25) is 5.91 Å². The van der Waals surface area contributed by atoms with Crippen molar-refractivity contribution in [2.75, 3.05) is 18.5 Å². The molecule has 0 saturated carbocycles. The van der Waals surface area contributed by atoms with Gasteiger partial charge in [0, 0.05) is 17.4 Å². The average molecular weight is 319 g/mol. The molecular formula is C16H21N3O2S. The number of aromatic nitrogens is 1. The van der Waals surface area contributed by atoms with E-state index in [9.17, 15) is 4.79 Å². The van der Waals surface area contributed by atoms with E-state index in [2.05, 4.69) is 17.2 Å². The van der Waals surface area contributed by atoms with E-state index in [4.69, 9.17) is 10.5 Å². The Kier molecular flexibility index (Phi) is 6.36. The molecule has 1 aromatic heterocycles. The fraction of sp³-hybridized carbons (Fsp3) is 0.375. The predicted octanol–water partition coefficient (Wildman–Crippen LogP) is 3.28. The van der Waals surface area contributed by atoms with Crippen molar-refractivity contribution in [3.05, 3.63) is 29.6 Å². The van der Waals surface area contributed by atoms with Crippen LogP contribution in [0.25, 0.3) is 11.3 Å². The maximum absolute atomic E-state index is 11.7. The van der Waals surface area contributed by atoms with Crippen LogP contribution in [0.3, 0.4) is 0 Å². The molecule has 1 amide bonds. The first-order valence-electron chi connectivity index (χ1n) is 7.42. The lowest BCUT2D eigenvalue weighted by molar-refractivity contribution is -0.116. The van der Waals surface area contributed by atoms with Crippen LogP contribution in [0.4, 0.5) is 5.13 Å². The van der Waals surface area contributed by atoms with E-state index in [-0.39, 0.29) is 5.91 Å². The first kappa shape index (κ1) is 16.5. The van der Waals surface area contributed by atoms with Crippen LogP contribution in [0.1, 0.15) is 26.2 Å². The zero-order valence-corrected chi connectivity index (χ0v) is 13.5. The molecule has 2 rings (SSSR count). The number of para-hydroxylation sites is 1. The Morgan fingerprint density at radius 1 is 1.41 bits per heavy atom. The van der Waals surface area contributed by atoms with E-state index < -0.39 is 0 Å². The number of hydrogen-bond acceptors (Lipinski definition) is 5. The van der Waals surface area contributed by atoms with Gasteiger partial charge in [-0.2, -0.15) is 0 Å². The van der Waals surface area contributed by atoms with Gasteiger partial charge in [-0.15, -0.1) is 11.3 Å². The maximum Gasteiger partial charge on any atom is 0.226 e. The number of carbonyl (C=O) groups excluding carboxylic acids is 1. The van der Waals surface area contributed by atoms with Gasteiger partial charge in [0.25, 0.3) is 0 Å². The number of hydrogen-bond donors (Lipinski definition) is 2. The Morgan fingerprint density at radius 2 is 2.23 bits per heavy atom. The normalized spacial score (nSPS) is 10.5. The number of anilines is 1. The molecule has 0 aliphatic carbocycles. The fourth-order valence-electron chi connectivity index (χ4n) is 1.92. The lowest BCUT2D eigenvalue weighted by Crippen LogP contribution is -2.13. The first-order valence-corrected chi connectivity index (χ1v) is 8.30. The largest absolute Gasteiger partial charge is 0.493 e. The Balaban J connectivity index is 2.09. The molecule has 0 fully saturated rings. The summed E-state index contributed by atoms with van der Waals surface area (Å²) in [6.07, 6.45) is 2.05. The van der Waals surface area contributed by atoms with Gasteiger partial charge < -0.3 is 15.8 Å². The Hall–Kier alpha value is -1.92. The second-order valence-corrected chi connectivity index (χ2v) is 5.68. The molecule has 0 unspecified atom stereocenters. The third-order valence-corrected chi connectivity index (χ3v) is 3.74. The number of nitrogens with two attached hydrogens (primary N) is 1. The average Bonchev–Trinajstić information content (AvgIpc) is 2.99. The molecule has 5 nitrogen and oxygen atoms in total. The standard InChI is InChI=1S/C16H21N3O2S/c1-2-10-21-14-7-4-3-6-12(14)13-11-22-16(18-13)19-15(20)8-5-9-17/h3-4,6-7,11H,2,5,8-10,17H2,1H3,(H,18,19,20). The Bertz CT molecular complexity index is 613. The summed E-state index contributed by atoms with van der Waals surface area (Å²) in [7, 11) is 0. The van der Waals surface area contributed by atoms with E-state index in [0.29, 0.717) is 31.1 Å². The SMILES string of the molecule is CCCOc1ccccc1-c1csc(NC(=O)CCCN)n1. The highest BCUT2D eigenvalue weighted by atomic mass is 32.1. The Morgan fingerprint density at radius 3 is 3.00 bits per heavy atom. The van der Waals surface area contributed by atoms with Crippen LogP contribution >= 0.6 is 11.3 Å². The zero-order valence-electron chi connectivity index (χ0n) is 12.7. The van der Waals surface area contributed by atoms with Gasteiger partial charge in [0.05, 0.1) is 12.3 Å². The summed E-state index contributed by atoms with van der Waals surface area (Å²) in [5.74, 6) is 0.762. The predicted molar refractivity (Wildman–Crippen MR) is 90.3 cm³/mol. The molecule has 2 aromatic rings. The quantitative estimate of drug-likeness (QED) is 0.783. The van der Waals surface area contributed by atoms with Crippen molar-refractivity contribution in [3.8, 4) is 17.0 Å². The van der Waals surface area contributed by atoms with Crippen LogP contribution < -0.4 is 15.8 Å². The summed E-state index contributed by atoms with van der Waals surface area (Å²) in [4.78, 5) is 16.2. The molecule has 3 N–H and O–H groups in total. The maximum atomic E-state index is 11.7. The van der Waals surface area contributed by atoms with Crippen molar-refractivity contribution in [3.63, 3.8) is 0 Å². The lowest BCUT2D eigenvalue weighted by Gasteiger charge is -2.08. The van der Waals surface area contributed by atoms with E-state index in [1.54, 1.807) is 0 Å². The molecule has 0 spiro atoms. The zero-order chi connectivity index (χ0) is 15.8. The number of carbonyl (C=O) groups is 1. The second-order valence-electron chi connectivity index (χ2n) is 4.82. The van der Waals surface area contributed by atoms with Gasteiger partial charge in [-0.05, 0) is 31.5 Å². The van der Waals surface area contributed by atoms with Crippen molar-refractivity contribution in [1.82, 2.24) is 4.98 Å². The van der Waals surface area contributed by atoms with Crippen LogP contribution in [0.2, 0.25) is 0 Å². The second kappa shape index (κ2) is 8.51. The molecule has 118 valence electrons. The topological polar surface area (TPSA) is 77.2 Å². The van der Waals surface area contributed by atoms with Crippen molar-refractivity contribution < 1.29 is 9.53 Å². The van der Waals surface area contributed by atoms with E-state index in [1.807, 2.05) is 29.6 Å². The van der Waals surface area contributed by atoms with Gasteiger partial charge in [0.1, 0.15) is 5.75 Å². The lowest BCUT2D eigenvalue weighted by atomic mass is 10.1. The minimum atomic E-state index is -0.0538. The van der Waals surface area contributed by atoms with Crippen LogP contribution in [0.15, 0.2) is 29.6 Å². The molecule has 1 heterocycles. The number of nitrogens with zero attached hydrogens (tertiary/aromatic N) is 1. The van der Waals surface area contributed by atoms with Crippen LogP contribution in [-0.2, 0) is 4.79 Å². The van der Waals surface area contributed by atoms with E-state index in [0.717, 1.165) is 23.4 Å². The van der Waals surface area contributed by atoms with Crippen LogP contribution in [-0.4, -0.2) is 24.0 Å². The molecule has 0 bridgehead atoms. The highest BCUT2D eigenvalue weighted by Crippen LogP contribution is 2.32. The van der Waals surface area contributed by atoms with Crippen molar-refractivity contribution in [2.24, 2.45) is 5.73 Å². The third kappa shape index (κ3) is 4.54. The van der Waals surface area contributed by atoms with Gasteiger partial charge in [-0.25, -0.2) is 4.98 Å². The molecule has 0 aliphatic rings. The number of rotatable bonds is 8. The third-order valence-electron chi connectivity index (χ3n) is 2.98. The number of amides is 1. The smallest absolute Gasteiger partial charge is 0.226 e. The molecule has 6 heteroatoms. The molecule has 0 saturated heterocycles. The summed E-state index contributed by atoms with van der Waals surface area (Å²) < 4.78 is 5.75. The number of benzene rings is 1. The summed E-state index contributed by atoms with van der Waals surface area (Å²) in [5.41, 5.74) is 7.15. The van der Waals surface area contributed by atoms with Gasteiger partial charge >= 0.3 is 0 Å². The van der Waals surface area contributed by atoms with Crippen LogP contribution in [0, 0.1) is 0 Å². The Labute approximate surface area is 134 Å². The van der Waals surface area contributed by atoms with Crippen molar-refractivity contribution >= 4 is 22.4 Å². The first-order chi connectivity index (χ1) is 10.7. The fourth-order valence-corrected chi connectivity index (χ4v) is 2.64. The van der Waals surface area contributed by atoms with Gasteiger partial charge in [-0.1, -0.05) is 19.1 Å². The molecule has 1 aromatic carbocycles. The van der Waals surface area contributed by atoms with E-state index >= 15 is 0 Å².